The molecule has 326 valence electrons. The van der Waals surface area contributed by atoms with E-state index in [4.69, 9.17) is 4.42 Å². The smallest absolute Gasteiger partial charge is 0.297 e. The van der Waals surface area contributed by atoms with E-state index in [-0.39, 0.29) is 33.8 Å². The average molecular weight is 843 g/mol. The molecule has 3 heterocycles. The van der Waals surface area contributed by atoms with Gasteiger partial charge in [-0.2, -0.15) is 0 Å². The van der Waals surface area contributed by atoms with Crippen LogP contribution in [0.1, 0.15) is 130 Å². The van der Waals surface area contributed by atoms with Gasteiger partial charge in [-0.3, -0.25) is 0 Å². The van der Waals surface area contributed by atoms with E-state index in [1.54, 1.807) is 0 Å². The second kappa shape index (κ2) is 13.7. The lowest BCUT2D eigenvalue weighted by Crippen LogP contribution is -2.61. The van der Waals surface area contributed by atoms with E-state index >= 15 is 0 Å². The van der Waals surface area contributed by atoms with Crippen LogP contribution >= 0.6 is 0 Å². The molecule has 4 heteroatoms. The zero-order valence-electron chi connectivity index (χ0n) is 40.8. The minimum atomic E-state index is -0.0994. The predicted octanol–water partition coefficient (Wildman–Crippen LogP) is 14.6. The second-order valence-corrected chi connectivity index (χ2v) is 24.2. The highest BCUT2D eigenvalue weighted by molar-refractivity contribution is 7.00. The maximum atomic E-state index is 7.39. The van der Waals surface area contributed by atoms with Crippen molar-refractivity contribution < 1.29 is 4.42 Å². The van der Waals surface area contributed by atoms with Crippen molar-refractivity contribution in [2.75, 3.05) is 9.80 Å². The van der Waals surface area contributed by atoms with E-state index in [2.05, 4.69) is 209 Å². The largest absolute Gasteiger partial charge is 0.468 e. The van der Waals surface area contributed by atoms with Crippen LogP contribution in [-0.2, 0) is 16.2 Å². The van der Waals surface area contributed by atoms with Crippen LogP contribution in [0, 0.1) is 36.5 Å². The molecule has 2 atom stereocenters. The molecule has 1 saturated carbocycles. The monoisotopic (exact) mass is 843 g/mol. The molecule has 3 nitrogen and oxygen atoms in total. The van der Waals surface area contributed by atoms with Gasteiger partial charge in [0.2, 0.25) is 0 Å². The average Bonchev–Trinajstić information content (AvgIpc) is 3.62. The summed E-state index contributed by atoms with van der Waals surface area (Å²) < 4.78 is 7.39. The molecule has 5 aromatic carbocycles. The Bertz CT molecular complexity index is 2980. The molecule has 0 amide bonds. The summed E-state index contributed by atoms with van der Waals surface area (Å²) in [6, 6.07) is 35.2. The summed E-state index contributed by atoms with van der Waals surface area (Å²) in [5.41, 5.74) is 22.0. The Kier molecular flexibility index (Phi) is 8.86. The summed E-state index contributed by atoms with van der Waals surface area (Å²) in [6.45, 7) is 31.3. The molecular weight excluding hydrogens is 775 g/mol. The van der Waals surface area contributed by atoms with E-state index < -0.39 is 0 Å². The van der Waals surface area contributed by atoms with Crippen LogP contribution in [-0.4, -0.2) is 6.71 Å². The number of hydrogen-bond donors (Lipinski definition) is 0. The first-order valence-corrected chi connectivity index (χ1v) is 24.2. The van der Waals surface area contributed by atoms with Crippen molar-refractivity contribution in [1.29, 1.82) is 0 Å². The Morgan fingerprint density at radius 1 is 0.625 bits per heavy atom. The number of fused-ring (bicyclic) bond motifs is 8. The van der Waals surface area contributed by atoms with Crippen LogP contribution in [0.4, 0.5) is 28.4 Å². The van der Waals surface area contributed by atoms with Crippen molar-refractivity contribution in [2.45, 2.75) is 132 Å². The summed E-state index contributed by atoms with van der Waals surface area (Å²) in [7, 11) is 0. The maximum absolute atomic E-state index is 7.39. The zero-order chi connectivity index (χ0) is 45.0. The Labute approximate surface area is 383 Å². The van der Waals surface area contributed by atoms with Crippen LogP contribution in [0.25, 0.3) is 22.1 Å². The van der Waals surface area contributed by atoms with Crippen molar-refractivity contribution >= 4 is 62.7 Å². The Morgan fingerprint density at radius 3 is 1.97 bits per heavy atom. The highest BCUT2D eigenvalue weighted by atomic mass is 16.3. The van der Waals surface area contributed by atoms with Gasteiger partial charge < -0.3 is 14.2 Å². The third-order valence-corrected chi connectivity index (χ3v) is 16.9. The number of hydrogen-bond acceptors (Lipinski definition) is 3. The van der Waals surface area contributed by atoms with Gasteiger partial charge in [0.05, 0.1) is 11.3 Å². The van der Waals surface area contributed by atoms with Crippen LogP contribution in [0.2, 0.25) is 0 Å². The third kappa shape index (κ3) is 6.13. The molecule has 1 aromatic heterocycles. The number of aryl methyl sites for hydroxylation is 2. The van der Waals surface area contributed by atoms with Crippen molar-refractivity contribution in [1.82, 2.24) is 0 Å². The lowest BCUT2D eigenvalue weighted by Gasteiger charge is -2.52. The lowest BCUT2D eigenvalue weighted by atomic mass is 9.35. The molecule has 5 aliphatic rings. The number of nitrogens with zero attached hydrogens (tertiary/aromatic N) is 2. The molecule has 0 bridgehead atoms. The normalized spacial score (nSPS) is 22.0. The standard InChI is InChI=1S/C60H67BN2O/c1-36-29-50-53-51(30-36)63(48-35-46-44(31-37(48)2)58(8,9)27-28-60(46,12)13)49-32-39(38-17-15-14-16-18-38)19-23-47(49)61(53)55-54(42-33-40(56(3,4)5)20-24-52(42)64-55)62(50)41-21-22-43-45(34-41)59(10,11)26-25-57(43,6)7/h14-24,29-35,43,45H,25-28H2,1-13H3. The van der Waals surface area contributed by atoms with Crippen molar-refractivity contribution in [2.24, 2.45) is 22.7 Å². The molecular formula is C60H67BN2O. The van der Waals surface area contributed by atoms with Crippen molar-refractivity contribution in [3.63, 3.8) is 0 Å². The highest BCUT2D eigenvalue weighted by Crippen LogP contribution is 2.57. The van der Waals surface area contributed by atoms with Gasteiger partial charge >= 0.3 is 0 Å². The van der Waals surface area contributed by atoms with Gasteiger partial charge in [-0.25, -0.2) is 0 Å². The van der Waals surface area contributed by atoms with E-state index in [1.165, 1.54) is 115 Å². The lowest BCUT2D eigenvalue weighted by molar-refractivity contribution is 0.0327. The highest BCUT2D eigenvalue weighted by Gasteiger charge is 2.51. The molecule has 64 heavy (non-hydrogen) atoms. The summed E-state index contributed by atoms with van der Waals surface area (Å²) >= 11 is 0. The van der Waals surface area contributed by atoms with Gasteiger partial charge in [0.15, 0.2) is 0 Å². The second-order valence-electron chi connectivity index (χ2n) is 24.2. The number of allylic oxidation sites excluding steroid dienone is 3. The number of benzene rings is 5. The minimum absolute atomic E-state index is 0.0171. The third-order valence-electron chi connectivity index (χ3n) is 16.9. The molecule has 0 spiro atoms. The molecule has 2 unspecified atom stereocenters. The minimum Gasteiger partial charge on any atom is -0.468 e. The van der Waals surface area contributed by atoms with Crippen LogP contribution in [0.3, 0.4) is 0 Å². The molecule has 0 N–H and O–H groups in total. The molecule has 3 aliphatic carbocycles. The SMILES string of the molecule is Cc1cc2c3c(c1)N(c1cc4c(cc1C)C(C)(C)CCC4(C)C)c1cc(-c4ccccc4)ccc1B3c1oc3ccc(C(C)(C)C)cc3c1N2C1=CC2C(C=C1)C(C)(C)CCC2(C)C. The fourth-order valence-corrected chi connectivity index (χ4v) is 12.6. The first-order chi connectivity index (χ1) is 30.1. The Hall–Kier alpha value is -5.22. The van der Waals surface area contributed by atoms with E-state index in [0.717, 1.165) is 11.2 Å². The fourth-order valence-electron chi connectivity index (χ4n) is 12.6. The van der Waals surface area contributed by atoms with E-state index in [0.29, 0.717) is 11.8 Å². The van der Waals surface area contributed by atoms with Crippen LogP contribution in [0.5, 0.6) is 0 Å². The maximum Gasteiger partial charge on any atom is 0.297 e. The summed E-state index contributed by atoms with van der Waals surface area (Å²) in [4.78, 5) is 5.28. The predicted molar refractivity (Wildman–Crippen MR) is 274 cm³/mol. The van der Waals surface area contributed by atoms with Gasteiger partial charge in [0.25, 0.3) is 6.71 Å². The molecule has 0 saturated heterocycles. The number of anilines is 5. The topological polar surface area (TPSA) is 19.6 Å². The first kappa shape index (κ1) is 41.5. The van der Waals surface area contributed by atoms with Gasteiger partial charge in [-0.1, -0.05) is 143 Å². The number of rotatable bonds is 3. The molecule has 6 aromatic rings. The Morgan fingerprint density at radius 2 is 1.28 bits per heavy atom. The molecule has 0 radical (unpaired) electrons. The van der Waals surface area contributed by atoms with Gasteiger partial charge in [0, 0.05) is 33.8 Å². The number of furan rings is 1. The Balaban J connectivity index is 1.23. The van der Waals surface area contributed by atoms with Crippen LogP contribution < -0.4 is 26.4 Å². The summed E-state index contributed by atoms with van der Waals surface area (Å²) in [5.74, 6) is 0.903. The molecule has 1 fully saturated rings. The van der Waals surface area contributed by atoms with Crippen molar-refractivity contribution in [3.05, 3.63) is 143 Å². The van der Waals surface area contributed by atoms with Gasteiger partial charge in [-0.05, 0) is 171 Å². The molecule has 2 aliphatic heterocycles. The van der Waals surface area contributed by atoms with Gasteiger partial charge in [0.1, 0.15) is 5.58 Å². The summed E-state index contributed by atoms with van der Waals surface area (Å²) in [6.07, 6.45) is 12.5. The molecule has 11 rings (SSSR count). The quantitative estimate of drug-likeness (QED) is 0.165. The summed E-state index contributed by atoms with van der Waals surface area (Å²) in [5, 5.41) is 1.19. The first-order valence-electron chi connectivity index (χ1n) is 24.2. The van der Waals surface area contributed by atoms with Crippen molar-refractivity contribution in [3.8, 4) is 11.1 Å². The van der Waals surface area contributed by atoms with E-state index in [9.17, 15) is 0 Å². The van der Waals surface area contributed by atoms with Crippen LogP contribution in [0.15, 0.2) is 119 Å². The van der Waals surface area contributed by atoms with E-state index in [1.807, 2.05) is 0 Å². The van der Waals surface area contributed by atoms with Gasteiger partial charge in [-0.15, -0.1) is 0 Å². The zero-order valence-corrected chi connectivity index (χ0v) is 40.8. The fraction of sp³-hybridized carbons (Fsp3) is 0.400.